The fourth-order valence-corrected chi connectivity index (χ4v) is 3.86. The first kappa shape index (κ1) is 17.1. The molecule has 3 aromatic rings. The molecule has 0 N–H and O–H groups in total. The monoisotopic (exact) mass is 368 g/mol. The van der Waals surface area contributed by atoms with Gasteiger partial charge in [-0.1, -0.05) is 17.7 Å². The van der Waals surface area contributed by atoms with Crippen molar-refractivity contribution in [2.45, 2.75) is 19.5 Å². The zero-order valence-corrected chi connectivity index (χ0v) is 15.7. The molecule has 5 heteroatoms. The van der Waals surface area contributed by atoms with Gasteiger partial charge in [-0.3, -0.25) is 9.88 Å². The van der Waals surface area contributed by atoms with E-state index < -0.39 is 0 Å². The molecule has 134 valence electrons. The largest absolute Gasteiger partial charge is 0.493 e. The molecule has 4 nitrogen and oxygen atoms in total. The number of ether oxygens (including phenoxy) is 2. The van der Waals surface area contributed by atoms with Crippen molar-refractivity contribution in [2.24, 2.45) is 0 Å². The number of aromatic nitrogens is 1. The van der Waals surface area contributed by atoms with Crippen LogP contribution in [0.25, 0.3) is 10.9 Å². The van der Waals surface area contributed by atoms with E-state index in [9.17, 15) is 0 Å². The van der Waals surface area contributed by atoms with Gasteiger partial charge in [0.1, 0.15) is 0 Å². The van der Waals surface area contributed by atoms with E-state index in [0.717, 1.165) is 53.5 Å². The van der Waals surface area contributed by atoms with E-state index in [2.05, 4.69) is 28.1 Å². The molecule has 4 rings (SSSR count). The Morgan fingerprint density at radius 2 is 1.85 bits per heavy atom. The summed E-state index contributed by atoms with van der Waals surface area (Å²) in [6, 6.07) is 12.2. The number of pyridine rings is 1. The van der Waals surface area contributed by atoms with Crippen LogP contribution in [0.15, 0.2) is 42.6 Å². The van der Waals surface area contributed by atoms with Gasteiger partial charge in [0.05, 0.1) is 19.7 Å². The number of hydrogen-bond donors (Lipinski definition) is 0. The fourth-order valence-electron chi connectivity index (χ4n) is 3.64. The number of rotatable bonds is 4. The van der Waals surface area contributed by atoms with E-state index in [1.54, 1.807) is 14.2 Å². The molecule has 0 unspecified atom stereocenters. The van der Waals surface area contributed by atoms with Crippen LogP contribution in [0.5, 0.6) is 11.5 Å². The molecular formula is C21H21ClN2O2. The molecular weight excluding hydrogens is 348 g/mol. The third kappa shape index (κ3) is 3.11. The van der Waals surface area contributed by atoms with Crippen molar-refractivity contribution < 1.29 is 9.47 Å². The van der Waals surface area contributed by atoms with Gasteiger partial charge in [0.15, 0.2) is 11.5 Å². The summed E-state index contributed by atoms with van der Waals surface area (Å²) in [6.07, 6.45) is 2.82. The van der Waals surface area contributed by atoms with Crippen molar-refractivity contribution in [3.63, 3.8) is 0 Å². The highest BCUT2D eigenvalue weighted by Gasteiger charge is 2.20. The van der Waals surface area contributed by atoms with Crippen molar-refractivity contribution >= 4 is 22.5 Å². The Hall–Kier alpha value is -2.30. The minimum absolute atomic E-state index is 0.748. The molecule has 2 aromatic carbocycles. The molecule has 0 aliphatic carbocycles. The highest BCUT2D eigenvalue weighted by Crippen LogP contribution is 2.34. The highest BCUT2D eigenvalue weighted by molar-refractivity contribution is 6.35. The van der Waals surface area contributed by atoms with Gasteiger partial charge < -0.3 is 9.47 Å². The minimum atomic E-state index is 0.748. The molecule has 1 aliphatic rings. The van der Waals surface area contributed by atoms with Gasteiger partial charge in [-0.05, 0) is 53.4 Å². The second-order valence-corrected chi connectivity index (χ2v) is 6.95. The Morgan fingerprint density at radius 1 is 1.08 bits per heavy atom. The normalized spacial score (nSPS) is 14.3. The molecule has 0 fully saturated rings. The zero-order chi connectivity index (χ0) is 18.1. The number of nitrogens with zero attached hydrogens (tertiary/aromatic N) is 2. The molecule has 0 bridgehead atoms. The molecule has 0 radical (unpaired) electrons. The first-order valence-corrected chi connectivity index (χ1v) is 9.05. The summed E-state index contributed by atoms with van der Waals surface area (Å²) in [5, 5.41) is 1.76. The fraction of sp³-hybridized carbons (Fsp3) is 0.286. The second kappa shape index (κ2) is 7.14. The van der Waals surface area contributed by atoms with Gasteiger partial charge in [-0.15, -0.1) is 0 Å². The summed E-state index contributed by atoms with van der Waals surface area (Å²) in [4.78, 5) is 6.99. The summed E-state index contributed by atoms with van der Waals surface area (Å²) < 4.78 is 10.9. The third-order valence-corrected chi connectivity index (χ3v) is 5.32. The molecule has 1 aromatic heterocycles. The van der Waals surface area contributed by atoms with E-state index >= 15 is 0 Å². The number of fused-ring (bicyclic) bond motifs is 2. The van der Waals surface area contributed by atoms with Gasteiger partial charge in [0.2, 0.25) is 0 Å². The number of hydrogen-bond acceptors (Lipinski definition) is 4. The van der Waals surface area contributed by atoms with Crippen molar-refractivity contribution in [2.75, 3.05) is 20.8 Å². The number of methoxy groups -OCH3 is 2. The second-order valence-electron chi connectivity index (χ2n) is 6.54. The van der Waals surface area contributed by atoms with Crippen molar-refractivity contribution in [3.8, 4) is 11.5 Å². The average molecular weight is 369 g/mol. The van der Waals surface area contributed by atoms with Gasteiger partial charge in [0, 0.05) is 36.2 Å². The predicted octanol–water partition coefficient (Wildman–Crippen LogP) is 4.46. The summed E-state index contributed by atoms with van der Waals surface area (Å²) in [5.41, 5.74) is 4.81. The zero-order valence-electron chi connectivity index (χ0n) is 15.0. The highest BCUT2D eigenvalue weighted by atomic mass is 35.5. The van der Waals surface area contributed by atoms with E-state index in [-0.39, 0.29) is 0 Å². The Morgan fingerprint density at radius 3 is 2.62 bits per heavy atom. The van der Waals surface area contributed by atoms with Crippen LogP contribution in [0.4, 0.5) is 0 Å². The smallest absolute Gasteiger partial charge is 0.161 e. The third-order valence-electron chi connectivity index (χ3n) is 4.99. The Bertz CT molecular complexity index is 958. The van der Waals surface area contributed by atoms with Crippen molar-refractivity contribution in [1.82, 2.24) is 9.88 Å². The summed E-state index contributed by atoms with van der Waals surface area (Å²) >= 11 is 6.32. The lowest BCUT2D eigenvalue weighted by Gasteiger charge is -2.29. The number of benzene rings is 2. The van der Waals surface area contributed by atoms with Crippen LogP contribution in [-0.2, 0) is 19.5 Å². The molecule has 2 heterocycles. The summed E-state index contributed by atoms with van der Waals surface area (Å²) in [5.74, 6) is 1.58. The van der Waals surface area contributed by atoms with Crippen LogP contribution in [0.3, 0.4) is 0 Å². The van der Waals surface area contributed by atoms with Crippen LogP contribution in [-0.4, -0.2) is 30.6 Å². The van der Waals surface area contributed by atoms with Crippen LogP contribution in [0, 0.1) is 0 Å². The summed E-state index contributed by atoms with van der Waals surface area (Å²) in [6.45, 7) is 2.73. The maximum Gasteiger partial charge on any atom is 0.161 e. The van der Waals surface area contributed by atoms with Gasteiger partial charge in [-0.2, -0.15) is 0 Å². The van der Waals surface area contributed by atoms with Crippen LogP contribution < -0.4 is 9.47 Å². The number of halogens is 1. The van der Waals surface area contributed by atoms with Gasteiger partial charge in [-0.25, -0.2) is 0 Å². The lowest BCUT2D eigenvalue weighted by Crippen LogP contribution is -2.30. The van der Waals surface area contributed by atoms with E-state index in [1.165, 1.54) is 16.7 Å². The molecule has 0 saturated heterocycles. The average Bonchev–Trinajstić information content (AvgIpc) is 2.69. The van der Waals surface area contributed by atoms with Crippen LogP contribution in [0.2, 0.25) is 5.02 Å². The Labute approximate surface area is 158 Å². The van der Waals surface area contributed by atoms with E-state index in [4.69, 9.17) is 21.1 Å². The van der Waals surface area contributed by atoms with E-state index in [1.807, 2.05) is 24.4 Å². The maximum atomic E-state index is 6.32. The lowest BCUT2D eigenvalue weighted by atomic mass is 9.98. The molecule has 1 aliphatic heterocycles. The Balaban J connectivity index is 1.61. The lowest BCUT2D eigenvalue weighted by molar-refractivity contribution is 0.245. The molecule has 0 amide bonds. The Kier molecular flexibility index (Phi) is 4.70. The quantitative estimate of drug-likeness (QED) is 0.680. The standard InChI is InChI=1S/C21H21ClN2O2/c1-25-19-10-14-7-9-24(13-16(14)11-20(19)26-2)12-15-5-6-18(22)17-4-3-8-23-21(15)17/h3-6,8,10-11H,7,9,12-13H2,1-2H3. The van der Waals surface area contributed by atoms with E-state index in [0.29, 0.717) is 0 Å². The van der Waals surface area contributed by atoms with Crippen LogP contribution in [0.1, 0.15) is 16.7 Å². The van der Waals surface area contributed by atoms with Gasteiger partial charge in [0.25, 0.3) is 0 Å². The first-order valence-electron chi connectivity index (χ1n) is 8.68. The molecule has 26 heavy (non-hydrogen) atoms. The molecule has 0 spiro atoms. The topological polar surface area (TPSA) is 34.6 Å². The minimum Gasteiger partial charge on any atom is -0.493 e. The van der Waals surface area contributed by atoms with Crippen molar-refractivity contribution in [3.05, 3.63) is 64.3 Å². The SMILES string of the molecule is COc1cc2c(cc1OC)CN(Cc1ccc(Cl)c3cccnc13)CC2. The molecule has 0 atom stereocenters. The first-order chi connectivity index (χ1) is 12.7. The van der Waals surface area contributed by atoms with Crippen molar-refractivity contribution in [1.29, 1.82) is 0 Å². The van der Waals surface area contributed by atoms with Gasteiger partial charge >= 0.3 is 0 Å². The van der Waals surface area contributed by atoms with Crippen LogP contribution >= 0.6 is 11.6 Å². The summed E-state index contributed by atoms with van der Waals surface area (Å²) in [7, 11) is 3.36. The predicted molar refractivity (Wildman–Crippen MR) is 104 cm³/mol. The molecule has 0 saturated carbocycles. The maximum absolute atomic E-state index is 6.32.